The molecule has 2 N–H and O–H groups in total. The minimum absolute atomic E-state index is 0.180. The van der Waals surface area contributed by atoms with Crippen LogP contribution in [-0.4, -0.2) is 196 Å². The summed E-state index contributed by atoms with van der Waals surface area (Å²) < 4.78 is 26.5. The molecule has 0 bridgehead atoms. The highest BCUT2D eigenvalue weighted by molar-refractivity contribution is 7.99. The number of ether oxygens (including phenoxy) is 4. The van der Waals surface area contributed by atoms with Gasteiger partial charge < -0.3 is 39.4 Å². The number of amides is 6. The Hall–Kier alpha value is -7.26. The molecule has 82 heavy (non-hydrogen) atoms. The zero-order valence-corrected chi connectivity index (χ0v) is 50.4. The van der Waals surface area contributed by atoms with Crippen molar-refractivity contribution in [3.63, 3.8) is 0 Å². The summed E-state index contributed by atoms with van der Waals surface area (Å²) in [5.74, 6) is 9.15. The van der Waals surface area contributed by atoms with Crippen molar-refractivity contribution in [3.05, 3.63) is 60.7 Å². The van der Waals surface area contributed by atoms with E-state index in [0.29, 0.717) is 62.2 Å². The highest BCUT2D eigenvalue weighted by atomic mass is 32.2. The lowest BCUT2D eigenvalue weighted by atomic mass is 10.1. The molecule has 8 atom stereocenters. The van der Waals surface area contributed by atoms with Crippen molar-refractivity contribution >= 4 is 59.3 Å². The maximum atomic E-state index is 14.6. The lowest BCUT2D eigenvalue weighted by molar-refractivity contribution is -0.142. The van der Waals surface area contributed by atoms with Gasteiger partial charge in [0.1, 0.15) is 48.6 Å². The Morgan fingerprint density at radius 3 is 1.33 bits per heavy atom. The fourth-order valence-electron chi connectivity index (χ4n) is 8.69. The van der Waals surface area contributed by atoms with Crippen LogP contribution in [0.25, 0.3) is 0 Å². The number of likely N-dealkylation sites (N-methyl/N-ethyl adjacent to an activating group) is 2. The van der Waals surface area contributed by atoms with Gasteiger partial charge in [-0.3, -0.25) is 29.0 Å². The third kappa shape index (κ3) is 18.6. The van der Waals surface area contributed by atoms with Gasteiger partial charge in [0.15, 0.2) is 0 Å². The molecule has 2 fully saturated rings. The number of carbonyl (C=O) groups is 6. The summed E-state index contributed by atoms with van der Waals surface area (Å²) in [5, 5.41) is 31.5. The van der Waals surface area contributed by atoms with Crippen molar-refractivity contribution in [2.45, 2.75) is 188 Å². The number of benzene rings is 2. The zero-order valence-electron chi connectivity index (χ0n) is 48.7. The Morgan fingerprint density at radius 1 is 0.610 bits per heavy atom. The minimum atomic E-state index is -1.19. The molecule has 0 spiro atoms. The Labute approximate surface area is 488 Å². The van der Waals surface area contributed by atoms with Gasteiger partial charge in [-0.2, -0.15) is 0 Å². The fraction of sp³-hybridized carbons (Fsp3) is 0.571. The van der Waals surface area contributed by atoms with E-state index in [2.05, 4.69) is 65.4 Å². The third-order valence-corrected chi connectivity index (χ3v) is 15.4. The predicted octanol–water partition coefficient (Wildman–Crippen LogP) is 4.94. The molecule has 26 heteroatoms. The van der Waals surface area contributed by atoms with Crippen LogP contribution >= 0.6 is 23.5 Å². The Balaban J connectivity index is 1.12. The number of hydrogen-bond donors (Lipinski definition) is 2. The van der Waals surface area contributed by atoms with E-state index in [-0.39, 0.29) is 25.3 Å². The number of tetrazole rings is 2. The first-order chi connectivity index (χ1) is 38.9. The molecule has 1 unspecified atom stereocenters. The topological polar surface area (TPSA) is 264 Å². The summed E-state index contributed by atoms with van der Waals surface area (Å²) in [7, 11) is 2.90. The second-order valence-electron chi connectivity index (χ2n) is 21.9. The fourth-order valence-corrected chi connectivity index (χ4v) is 10.3. The predicted molar refractivity (Wildman–Crippen MR) is 303 cm³/mol. The molecule has 2 aromatic heterocycles. The first-order valence-electron chi connectivity index (χ1n) is 27.2. The number of hydrogen-bond acceptors (Lipinski definition) is 18. The summed E-state index contributed by atoms with van der Waals surface area (Å²) in [6, 6.07) is 14.3. The normalized spacial score (nSPS) is 17.4. The van der Waals surface area contributed by atoms with Crippen molar-refractivity contribution in [1.29, 1.82) is 0 Å². The molecule has 4 aromatic rings. The number of likely N-dealkylation sites (tertiary alicyclic amines) is 2. The first-order valence-corrected chi connectivity index (χ1v) is 28.8. The number of nitrogens with one attached hydrogen (secondary N) is 2. The van der Waals surface area contributed by atoms with E-state index in [9.17, 15) is 28.8 Å². The molecule has 2 aliphatic rings. The van der Waals surface area contributed by atoms with Gasteiger partial charge in [-0.1, -0.05) is 48.2 Å². The van der Waals surface area contributed by atoms with Gasteiger partial charge in [0.05, 0.1) is 37.4 Å². The lowest BCUT2D eigenvalue weighted by Crippen LogP contribution is -2.59. The van der Waals surface area contributed by atoms with Crippen LogP contribution in [0.3, 0.4) is 0 Å². The summed E-state index contributed by atoms with van der Waals surface area (Å²) >= 11 is 2.81. The monoisotopic (exact) mass is 1170 g/mol. The summed E-state index contributed by atoms with van der Waals surface area (Å²) in [6.45, 7) is 17.8. The molecule has 4 heterocycles. The van der Waals surface area contributed by atoms with E-state index < -0.39 is 83.4 Å². The van der Waals surface area contributed by atoms with Gasteiger partial charge in [-0.15, -0.1) is 10.2 Å². The van der Waals surface area contributed by atoms with Crippen molar-refractivity contribution in [2.24, 2.45) is 0 Å². The van der Waals surface area contributed by atoms with Crippen LogP contribution in [0.4, 0.5) is 9.59 Å². The molecule has 0 aliphatic carbocycles. The molecule has 2 aromatic carbocycles. The lowest BCUT2D eigenvalue weighted by Gasteiger charge is -2.33. The van der Waals surface area contributed by atoms with Crippen LogP contribution in [0, 0.1) is 23.7 Å². The van der Waals surface area contributed by atoms with Gasteiger partial charge in [0.25, 0.3) is 0 Å². The molecule has 442 valence electrons. The van der Waals surface area contributed by atoms with E-state index in [0.717, 1.165) is 19.6 Å². The smallest absolute Gasteiger partial charge is 0.410 e. The summed E-state index contributed by atoms with van der Waals surface area (Å²) in [5.41, 5.74) is -1.61. The van der Waals surface area contributed by atoms with E-state index >= 15 is 0 Å². The Kier molecular flexibility index (Phi) is 23.1. The SMILES string of the molecule is CC(OCC#CC#CCO[C@H](C)[C@H](NC(=O)[C@H](C)N(C)C(=O)OC(C)(C)C)C(=O)N1CCC[C@H]1Cn1nnnc1Sc1ccccc1)[C@H](NC(=O)[C@H](C)N(C)C(=O)OC(C)(C)C)C(=O)N1CCC[C@H]1Cn1nnnc1Sc1ccccc1. The van der Waals surface area contributed by atoms with Gasteiger partial charge in [0, 0.05) is 37.0 Å². The summed E-state index contributed by atoms with van der Waals surface area (Å²) in [4.78, 5) is 90.6. The van der Waals surface area contributed by atoms with Crippen LogP contribution in [0.5, 0.6) is 0 Å². The van der Waals surface area contributed by atoms with Crippen molar-refractivity contribution in [2.75, 3.05) is 40.4 Å². The number of nitrogens with zero attached hydrogens (tertiary/aromatic N) is 12. The number of rotatable bonds is 22. The maximum Gasteiger partial charge on any atom is 0.410 e. The van der Waals surface area contributed by atoms with Crippen molar-refractivity contribution in [1.82, 2.24) is 70.6 Å². The largest absolute Gasteiger partial charge is 0.444 e. The van der Waals surface area contributed by atoms with Gasteiger partial charge in [-0.25, -0.2) is 19.0 Å². The molecule has 24 nitrogen and oxygen atoms in total. The minimum Gasteiger partial charge on any atom is -0.444 e. The molecule has 2 saturated heterocycles. The van der Waals surface area contributed by atoms with Crippen molar-refractivity contribution < 1.29 is 47.7 Å². The number of aromatic nitrogens is 8. The average molecular weight is 1170 g/mol. The van der Waals surface area contributed by atoms with Gasteiger partial charge in [0.2, 0.25) is 33.9 Å². The van der Waals surface area contributed by atoms with E-state index in [1.807, 2.05) is 60.7 Å². The summed E-state index contributed by atoms with van der Waals surface area (Å²) in [6.07, 6.45) is -0.493. The molecule has 6 rings (SSSR count). The van der Waals surface area contributed by atoms with Gasteiger partial charge in [-0.05, 0) is 175 Å². The van der Waals surface area contributed by atoms with E-state index in [1.165, 1.54) is 51.5 Å². The standard InChI is InChI=1S/C56H76N14O10S2/c1-37(65(11)53(75)79-55(5,6)7)47(71)57-45(49(73)67-31-23-25-41(67)35-69-51(59-61-63-69)81-43-27-17-15-18-28-43)39(3)77-33-21-13-14-22-34-78-40(4)46(58-48(72)38(2)66(12)54(76)80-56(8,9)10)50(74)68-32-24-26-42(68)36-70-52(60-62-64-70)82-44-29-19-16-20-30-44/h15-20,27-30,37-42,45-46H,23-26,31-36H2,1-12H3,(H,57,71)(H,58,72)/t37-,38-,39+,40?,41-,42-,45-,46-/m0/s1. The van der Waals surface area contributed by atoms with Crippen LogP contribution in [0.15, 0.2) is 80.8 Å². The van der Waals surface area contributed by atoms with Crippen LogP contribution in [-0.2, 0) is 51.2 Å². The first kappa shape index (κ1) is 63.9. The number of carbonyl (C=O) groups excluding carboxylic acids is 6. The van der Waals surface area contributed by atoms with Crippen molar-refractivity contribution in [3.8, 4) is 23.7 Å². The highest BCUT2D eigenvalue weighted by Gasteiger charge is 2.41. The quantitative estimate of drug-likeness (QED) is 0.0987. The second-order valence-corrected chi connectivity index (χ2v) is 24.0. The molecule has 2 aliphatic heterocycles. The van der Waals surface area contributed by atoms with Crippen LogP contribution in [0.1, 0.15) is 94.9 Å². The molecular weight excluding hydrogens is 1090 g/mol. The molecule has 0 saturated carbocycles. The molecule has 0 radical (unpaired) electrons. The highest BCUT2D eigenvalue weighted by Crippen LogP contribution is 2.29. The third-order valence-electron chi connectivity index (χ3n) is 13.4. The molecular formula is C56H76N14O10S2. The van der Waals surface area contributed by atoms with Crippen LogP contribution in [0.2, 0.25) is 0 Å². The maximum absolute atomic E-state index is 14.6. The average Bonchev–Trinajstić information content (AvgIpc) is 4.35. The van der Waals surface area contributed by atoms with Crippen LogP contribution < -0.4 is 10.6 Å². The Morgan fingerprint density at radius 2 is 0.976 bits per heavy atom. The van der Waals surface area contributed by atoms with E-state index in [1.54, 1.807) is 74.6 Å². The zero-order chi connectivity index (χ0) is 59.7. The Bertz CT molecular complexity index is 2740. The second kappa shape index (κ2) is 29.6. The molecule has 6 amide bonds. The van der Waals surface area contributed by atoms with Gasteiger partial charge >= 0.3 is 12.2 Å². The van der Waals surface area contributed by atoms with E-state index in [4.69, 9.17) is 18.9 Å².